The predicted molar refractivity (Wildman–Crippen MR) is 71.6 cm³/mol. The summed E-state index contributed by atoms with van der Waals surface area (Å²) in [6.07, 6.45) is 3.70. The molecule has 1 atom stereocenters. The van der Waals surface area contributed by atoms with Crippen molar-refractivity contribution in [1.29, 1.82) is 0 Å². The van der Waals surface area contributed by atoms with E-state index >= 15 is 0 Å². The number of benzene rings is 2. The van der Waals surface area contributed by atoms with E-state index in [1.54, 1.807) is 0 Å². The minimum absolute atomic E-state index is 0.435. The molecule has 16 heavy (non-hydrogen) atoms. The van der Waals surface area contributed by atoms with Crippen molar-refractivity contribution >= 4 is 10.8 Å². The van der Waals surface area contributed by atoms with Gasteiger partial charge in [-0.3, -0.25) is 0 Å². The standard InChI is InChI=1S/C16H19/c1-3-4-7-13(2)15-11-10-14-8-5-6-9-16(14)12-15/h5-6,8-13H,2-4,7H2,1H3. The van der Waals surface area contributed by atoms with Crippen molar-refractivity contribution in [3.8, 4) is 0 Å². The highest BCUT2D eigenvalue weighted by Crippen LogP contribution is 2.24. The summed E-state index contributed by atoms with van der Waals surface area (Å²) in [5.74, 6) is 0.435. The third-order valence-electron chi connectivity index (χ3n) is 3.15. The second-order valence-corrected chi connectivity index (χ2v) is 4.45. The lowest BCUT2D eigenvalue weighted by atomic mass is 9.93. The van der Waals surface area contributed by atoms with E-state index in [0.29, 0.717) is 5.92 Å². The first-order chi connectivity index (χ1) is 7.81. The smallest absolute Gasteiger partial charge is 0.0162 e. The molecule has 0 saturated heterocycles. The van der Waals surface area contributed by atoms with E-state index in [-0.39, 0.29) is 0 Å². The Balaban J connectivity index is 2.25. The van der Waals surface area contributed by atoms with Gasteiger partial charge in [0.25, 0.3) is 0 Å². The fraction of sp³-hybridized carbons (Fsp3) is 0.312. The third kappa shape index (κ3) is 2.44. The molecule has 0 nitrogen and oxygen atoms in total. The summed E-state index contributed by atoms with van der Waals surface area (Å²) in [6, 6.07) is 15.2. The normalized spacial score (nSPS) is 12.9. The van der Waals surface area contributed by atoms with Crippen LogP contribution in [0.2, 0.25) is 0 Å². The Kier molecular flexibility index (Phi) is 3.61. The Morgan fingerprint density at radius 2 is 1.81 bits per heavy atom. The quantitative estimate of drug-likeness (QED) is 0.671. The van der Waals surface area contributed by atoms with E-state index in [4.69, 9.17) is 0 Å². The van der Waals surface area contributed by atoms with Crippen molar-refractivity contribution < 1.29 is 0 Å². The van der Waals surface area contributed by atoms with Gasteiger partial charge in [-0.25, -0.2) is 0 Å². The van der Waals surface area contributed by atoms with E-state index in [0.717, 1.165) is 0 Å². The zero-order valence-corrected chi connectivity index (χ0v) is 9.95. The molecule has 2 aromatic carbocycles. The summed E-state index contributed by atoms with van der Waals surface area (Å²) in [5.41, 5.74) is 1.37. The topological polar surface area (TPSA) is 0 Å². The van der Waals surface area contributed by atoms with Gasteiger partial charge < -0.3 is 0 Å². The first-order valence-corrected chi connectivity index (χ1v) is 6.13. The van der Waals surface area contributed by atoms with Gasteiger partial charge in [-0.1, -0.05) is 62.2 Å². The third-order valence-corrected chi connectivity index (χ3v) is 3.15. The first kappa shape index (κ1) is 11.2. The van der Waals surface area contributed by atoms with Crippen molar-refractivity contribution in [2.24, 2.45) is 0 Å². The van der Waals surface area contributed by atoms with Crippen LogP contribution < -0.4 is 0 Å². The van der Waals surface area contributed by atoms with Gasteiger partial charge in [0.05, 0.1) is 0 Å². The van der Waals surface area contributed by atoms with Gasteiger partial charge in [-0.2, -0.15) is 0 Å². The van der Waals surface area contributed by atoms with Crippen LogP contribution in [-0.2, 0) is 0 Å². The molecule has 0 heterocycles. The zero-order valence-electron chi connectivity index (χ0n) is 9.95. The molecule has 83 valence electrons. The highest BCUT2D eigenvalue weighted by atomic mass is 14.1. The molecule has 0 bridgehead atoms. The van der Waals surface area contributed by atoms with E-state index in [9.17, 15) is 0 Å². The van der Waals surface area contributed by atoms with E-state index in [2.05, 4.69) is 56.3 Å². The number of rotatable bonds is 4. The molecule has 0 spiro atoms. The lowest BCUT2D eigenvalue weighted by molar-refractivity contribution is 0.662. The van der Waals surface area contributed by atoms with Crippen LogP contribution in [0.1, 0.15) is 37.7 Å². The molecular weight excluding hydrogens is 192 g/mol. The average molecular weight is 211 g/mol. The molecule has 0 aromatic heterocycles. The fourth-order valence-corrected chi connectivity index (χ4v) is 2.08. The Hall–Kier alpha value is -1.30. The maximum absolute atomic E-state index is 4.25. The Labute approximate surface area is 98.3 Å². The molecular formula is C16H19. The fourth-order valence-electron chi connectivity index (χ4n) is 2.08. The van der Waals surface area contributed by atoms with Gasteiger partial charge in [0, 0.05) is 0 Å². The largest absolute Gasteiger partial charge is 0.0654 e. The second kappa shape index (κ2) is 5.16. The van der Waals surface area contributed by atoms with Gasteiger partial charge in [0.1, 0.15) is 0 Å². The number of hydrogen-bond acceptors (Lipinski definition) is 0. The van der Waals surface area contributed by atoms with Crippen LogP contribution in [0.5, 0.6) is 0 Å². The van der Waals surface area contributed by atoms with Crippen LogP contribution >= 0.6 is 0 Å². The molecule has 0 aliphatic heterocycles. The molecule has 0 heteroatoms. The van der Waals surface area contributed by atoms with Crippen LogP contribution in [0.15, 0.2) is 42.5 Å². The summed E-state index contributed by atoms with van der Waals surface area (Å²) in [7, 11) is 0. The van der Waals surface area contributed by atoms with Crippen molar-refractivity contribution in [2.75, 3.05) is 0 Å². The molecule has 1 unspecified atom stereocenters. The van der Waals surface area contributed by atoms with Crippen molar-refractivity contribution in [3.05, 3.63) is 55.0 Å². The molecule has 0 aliphatic carbocycles. The van der Waals surface area contributed by atoms with E-state index in [1.165, 1.54) is 35.6 Å². The number of fused-ring (bicyclic) bond motifs is 1. The van der Waals surface area contributed by atoms with Crippen molar-refractivity contribution in [1.82, 2.24) is 0 Å². The molecule has 0 fully saturated rings. The van der Waals surface area contributed by atoms with Crippen LogP contribution in [0.3, 0.4) is 0 Å². The highest BCUT2D eigenvalue weighted by molar-refractivity contribution is 5.83. The van der Waals surface area contributed by atoms with Gasteiger partial charge in [0.15, 0.2) is 0 Å². The summed E-state index contributed by atoms with van der Waals surface area (Å²) >= 11 is 0. The SMILES string of the molecule is [CH2]C(CCCC)c1ccc2ccccc2c1. The molecule has 2 rings (SSSR count). The van der Waals surface area contributed by atoms with E-state index in [1.807, 2.05) is 0 Å². The van der Waals surface area contributed by atoms with Crippen LogP contribution in [0.25, 0.3) is 10.8 Å². The maximum atomic E-state index is 4.25. The van der Waals surface area contributed by atoms with Gasteiger partial charge in [-0.05, 0) is 35.6 Å². The Bertz CT molecular complexity index is 456. The molecule has 1 radical (unpaired) electrons. The second-order valence-electron chi connectivity index (χ2n) is 4.45. The monoisotopic (exact) mass is 211 g/mol. The first-order valence-electron chi connectivity index (χ1n) is 6.13. The molecule has 2 aromatic rings. The lowest BCUT2D eigenvalue weighted by Crippen LogP contribution is -1.93. The predicted octanol–water partition coefficient (Wildman–Crippen LogP) is 4.95. The van der Waals surface area contributed by atoms with Crippen LogP contribution in [-0.4, -0.2) is 0 Å². The average Bonchev–Trinajstić information content (AvgIpc) is 2.35. The van der Waals surface area contributed by atoms with Gasteiger partial charge in [-0.15, -0.1) is 0 Å². The van der Waals surface area contributed by atoms with Crippen molar-refractivity contribution in [2.45, 2.75) is 32.1 Å². The summed E-state index contributed by atoms with van der Waals surface area (Å²) < 4.78 is 0. The zero-order chi connectivity index (χ0) is 11.4. The van der Waals surface area contributed by atoms with Gasteiger partial charge >= 0.3 is 0 Å². The Morgan fingerprint density at radius 3 is 2.56 bits per heavy atom. The van der Waals surface area contributed by atoms with E-state index < -0.39 is 0 Å². The number of unbranched alkanes of at least 4 members (excludes halogenated alkanes) is 1. The maximum Gasteiger partial charge on any atom is -0.0162 e. The van der Waals surface area contributed by atoms with Crippen LogP contribution in [0.4, 0.5) is 0 Å². The summed E-state index contributed by atoms with van der Waals surface area (Å²) in [6.45, 7) is 6.48. The summed E-state index contributed by atoms with van der Waals surface area (Å²) in [4.78, 5) is 0. The minimum atomic E-state index is 0.435. The van der Waals surface area contributed by atoms with Crippen molar-refractivity contribution in [3.63, 3.8) is 0 Å². The highest BCUT2D eigenvalue weighted by Gasteiger charge is 2.05. The van der Waals surface area contributed by atoms with Gasteiger partial charge in [0.2, 0.25) is 0 Å². The Morgan fingerprint density at radius 1 is 1.06 bits per heavy atom. The molecule has 0 aliphatic rings. The van der Waals surface area contributed by atoms with Crippen LogP contribution in [0, 0.1) is 6.92 Å². The molecule has 0 saturated carbocycles. The summed E-state index contributed by atoms with van der Waals surface area (Å²) in [5, 5.41) is 2.64. The minimum Gasteiger partial charge on any atom is -0.0654 e. The number of hydrogen-bond donors (Lipinski definition) is 0. The molecule has 0 amide bonds. The molecule has 0 N–H and O–H groups in total. The lowest BCUT2D eigenvalue weighted by Gasteiger charge is -2.11.